The highest BCUT2D eigenvalue weighted by atomic mass is 16.3. The van der Waals surface area contributed by atoms with Gasteiger partial charge in [-0.15, -0.1) is 0 Å². The number of unbranched alkanes of at least 4 members (excludes halogenated alkanes) is 1. The van der Waals surface area contributed by atoms with Gasteiger partial charge >= 0.3 is 0 Å². The minimum absolute atomic E-state index is 0.00413. The highest BCUT2D eigenvalue weighted by Gasteiger charge is 2.40. The van der Waals surface area contributed by atoms with Gasteiger partial charge < -0.3 is 15.3 Å². The van der Waals surface area contributed by atoms with Crippen molar-refractivity contribution in [1.82, 2.24) is 10.2 Å². The van der Waals surface area contributed by atoms with E-state index in [4.69, 9.17) is 0 Å². The minimum atomic E-state index is 0.00413. The first-order chi connectivity index (χ1) is 8.72. The van der Waals surface area contributed by atoms with E-state index in [1.54, 1.807) is 0 Å². The highest BCUT2D eigenvalue weighted by molar-refractivity contribution is 4.98. The average Bonchev–Trinajstić information content (AvgIpc) is 2.82. The Labute approximate surface area is 113 Å². The molecule has 1 aliphatic rings. The summed E-state index contributed by atoms with van der Waals surface area (Å²) in [6.07, 6.45) is 7.46. The van der Waals surface area contributed by atoms with E-state index in [1.807, 2.05) is 7.05 Å². The van der Waals surface area contributed by atoms with Gasteiger partial charge in [-0.3, -0.25) is 0 Å². The molecule has 0 radical (unpaired) electrons. The van der Waals surface area contributed by atoms with Crippen molar-refractivity contribution in [1.29, 1.82) is 0 Å². The van der Waals surface area contributed by atoms with Crippen molar-refractivity contribution in [2.45, 2.75) is 57.9 Å². The molecule has 0 bridgehead atoms. The Kier molecular flexibility index (Phi) is 7.20. The first-order valence-electron chi connectivity index (χ1n) is 7.74. The van der Waals surface area contributed by atoms with Crippen molar-refractivity contribution in [3.05, 3.63) is 0 Å². The van der Waals surface area contributed by atoms with Crippen LogP contribution >= 0.6 is 0 Å². The number of rotatable bonds is 9. The lowest BCUT2D eigenvalue weighted by Crippen LogP contribution is -2.50. The molecule has 1 aliphatic carbocycles. The Morgan fingerprint density at radius 3 is 2.67 bits per heavy atom. The van der Waals surface area contributed by atoms with Gasteiger partial charge in [0.2, 0.25) is 0 Å². The molecule has 108 valence electrons. The molecule has 18 heavy (non-hydrogen) atoms. The lowest BCUT2D eigenvalue weighted by molar-refractivity contribution is 0.118. The SMILES string of the molecule is CCCCN(CC)CCC1CCCC1(CO)NC. The van der Waals surface area contributed by atoms with Gasteiger partial charge in [0.1, 0.15) is 0 Å². The molecule has 0 spiro atoms. The van der Waals surface area contributed by atoms with E-state index >= 15 is 0 Å². The number of aliphatic hydroxyl groups excluding tert-OH is 1. The smallest absolute Gasteiger partial charge is 0.0615 e. The van der Waals surface area contributed by atoms with Gasteiger partial charge in [0.15, 0.2) is 0 Å². The van der Waals surface area contributed by atoms with E-state index in [1.165, 1.54) is 45.2 Å². The molecular formula is C15H32N2O. The third-order valence-corrected chi connectivity index (χ3v) is 4.81. The predicted octanol–water partition coefficient (Wildman–Crippen LogP) is 2.25. The molecule has 3 nitrogen and oxygen atoms in total. The molecule has 2 unspecified atom stereocenters. The topological polar surface area (TPSA) is 35.5 Å². The number of aliphatic hydroxyl groups is 1. The van der Waals surface area contributed by atoms with Crippen LogP contribution in [0.25, 0.3) is 0 Å². The fourth-order valence-electron chi connectivity index (χ4n) is 3.33. The van der Waals surface area contributed by atoms with Crippen LogP contribution in [0.4, 0.5) is 0 Å². The van der Waals surface area contributed by atoms with Crippen LogP contribution in [0.2, 0.25) is 0 Å². The fraction of sp³-hybridized carbons (Fsp3) is 1.00. The maximum absolute atomic E-state index is 9.67. The molecule has 2 N–H and O–H groups in total. The van der Waals surface area contributed by atoms with Gasteiger partial charge in [-0.2, -0.15) is 0 Å². The molecule has 1 saturated carbocycles. The standard InChI is InChI=1S/C15H32N2O/c1-4-6-11-17(5-2)12-9-14-8-7-10-15(14,13-18)16-3/h14,16,18H,4-13H2,1-3H3. The second-order valence-electron chi connectivity index (χ2n) is 5.73. The molecule has 0 saturated heterocycles. The Balaban J connectivity index is 2.41. The average molecular weight is 256 g/mol. The first kappa shape index (κ1) is 15.9. The lowest BCUT2D eigenvalue weighted by Gasteiger charge is -2.35. The molecular weight excluding hydrogens is 224 g/mol. The van der Waals surface area contributed by atoms with Crippen molar-refractivity contribution in [3.8, 4) is 0 Å². The zero-order valence-corrected chi connectivity index (χ0v) is 12.5. The van der Waals surface area contributed by atoms with Crippen LogP contribution < -0.4 is 5.32 Å². The van der Waals surface area contributed by atoms with Gasteiger partial charge in [0.05, 0.1) is 6.61 Å². The molecule has 3 heteroatoms. The summed E-state index contributed by atoms with van der Waals surface area (Å²) in [4.78, 5) is 2.56. The van der Waals surface area contributed by atoms with E-state index in [0.29, 0.717) is 5.92 Å². The molecule has 0 heterocycles. The lowest BCUT2D eigenvalue weighted by atomic mass is 9.85. The van der Waals surface area contributed by atoms with E-state index in [2.05, 4.69) is 24.1 Å². The summed E-state index contributed by atoms with van der Waals surface area (Å²) in [5.41, 5.74) is 0.00413. The summed E-state index contributed by atoms with van der Waals surface area (Å²) in [5.74, 6) is 0.642. The van der Waals surface area contributed by atoms with Crippen molar-refractivity contribution in [3.63, 3.8) is 0 Å². The summed E-state index contributed by atoms with van der Waals surface area (Å²) >= 11 is 0. The van der Waals surface area contributed by atoms with Crippen molar-refractivity contribution >= 4 is 0 Å². The molecule has 0 aliphatic heterocycles. The van der Waals surface area contributed by atoms with Crippen LogP contribution in [0.3, 0.4) is 0 Å². The normalized spacial score (nSPS) is 28.2. The van der Waals surface area contributed by atoms with Crippen LogP contribution in [-0.4, -0.2) is 48.8 Å². The third-order valence-electron chi connectivity index (χ3n) is 4.81. The summed E-state index contributed by atoms with van der Waals surface area (Å²) in [7, 11) is 2.00. The molecule has 0 aromatic rings. The van der Waals surface area contributed by atoms with E-state index in [-0.39, 0.29) is 12.1 Å². The minimum Gasteiger partial charge on any atom is -0.394 e. The third kappa shape index (κ3) is 3.94. The van der Waals surface area contributed by atoms with Gasteiger partial charge in [-0.1, -0.05) is 26.7 Å². The van der Waals surface area contributed by atoms with Crippen LogP contribution in [0.5, 0.6) is 0 Å². The van der Waals surface area contributed by atoms with Crippen LogP contribution in [0.15, 0.2) is 0 Å². The molecule has 2 atom stereocenters. The second kappa shape index (κ2) is 8.13. The maximum atomic E-state index is 9.67. The zero-order valence-electron chi connectivity index (χ0n) is 12.5. The zero-order chi connectivity index (χ0) is 13.4. The van der Waals surface area contributed by atoms with Gasteiger partial charge in [0.25, 0.3) is 0 Å². The number of hydrogen-bond acceptors (Lipinski definition) is 3. The number of likely N-dealkylation sites (N-methyl/N-ethyl adjacent to an activating group) is 1. The number of hydrogen-bond donors (Lipinski definition) is 2. The van der Waals surface area contributed by atoms with Crippen LogP contribution in [-0.2, 0) is 0 Å². The molecule has 0 aromatic carbocycles. The fourth-order valence-corrected chi connectivity index (χ4v) is 3.33. The van der Waals surface area contributed by atoms with E-state index in [0.717, 1.165) is 13.0 Å². The molecule has 0 amide bonds. The van der Waals surface area contributed by atoms with Crippen molar-refractivity contribution in [2.75, 3.05) is 33.3 Å². The number of nitrogens with zero attached hydrogens (tertiary/aromatic N) is 1. The summed E-state index contributed by atoms with van der Waals surface area (Å²) < 4.78 is 0. The molecule has 0 aromatic heterocycles. The Hall–Kier alpha value is -0.120. The van der Waals surface area contributed by atoms with Crippen molar-refractivity contribution < 1.29 is 5.11 Å². The maximum Gasteiger partial charge on any atom is 0.0615 e. The quantitative estimate of drug-likeness (QED) is 0.664. The Bertz CT molecular complexity index is 217. The largest absolute Gasteiger partial charge is 0.394 e. The van der Waals surface area contributed by atoms with Crippen LogP contribution in [0.1, 0.15) is 52.4 Å². The Morgan fingerprint density at radius 2 is 2.11 bits per heavy atom. The monoisotopic (exact) mass is 256 g/mol. The van der Waals surface area contributed by atoms with Gasteiger partial charge in [-0.25, -0.2) is 0 Å². The van der Waals surface area contributed by atoms with E-state index in [9.17, 15) is 5.11 Å². The Morgan fingerprint density at radius 1 is 1.33 bits per heavy atom. The number of nitrogens with one attached hydrogen (secondary N) is 1. The van der Waals surface area contributed by atoms with E-state index < -0.39 is 0 Å². The summed E-state index contributed by atoms with van der Waals surface area (Å²) in [6.45, 7) is 8.36. The first-order valence-corrected chi connectivity index (χ1v) is 7.74. The summed E-state index contributed by atoms with van der Waals surface area (Å²) in [6, 6.07) is 0. The molecule has 1 fully saturated rings. The predicted molar refractivity (Wildman–Crippen MR) is 77.9 cm³/mol. The van der Waals surface area contributed by atoms with Crippen molar-refractivity contribution in [2.24, 2.45) is 5.92 Å². The van der Waals surface area contributed by atoms with Gasteiger partial charge in [-0.05, 0) is 58.3 Å². The van der Waals surface area contributed by atoms with Crippen LogP contribution in [0, 0.1) is 5.92 Å². The van der Waals surface area contributed by atoms with Gasteiger partial charge in [0, 0.05) is 5.54 Å². The second-order valence-corrected chi connectivity index (χ2v) is 5.73. The molecule has 1 rings (SSSR count). The summed E-state index contributed by atoms with van der Waals surface area (Å²) in [5, 5.41) is 13.1. The highest BCUT2D eigenvalue weighted by Crippen LogP contribution is 2.37.